The zero-order valence-electron chi connectivity index (χ0n) is 66.2. The van der Waals surface area contributed by atoms with Gasteiger partial charge < -0.3 is 133 Å². The fourth-order valence-electron chi connectivity index (χ4n) is 15.0. The number of phenolic OH excluding ortho intramolecular Hbond substituents is 3. The monoisotopic (exact) mass is 1770 g/mol. The Bertz CT molecular complexity index is 5240. The summed E-state index contributed by atoms with van der Waals surface area (Å²) in [5.74, 6) is -17.2. The lowest BCUT2D eigenvalue weighted by Gasteiger charge is -2.48. The summed E-state index contributed by atoms with van der Waals surface area (Å²) in [6.07, 6.45) is -24.8. The number of benzene rings is 7. The number of halogens is 5. The standard InChI is InChI=1S/C82H88Cl2F3N11O26/c1-33(2)19-48(89-5)73(110)96-64-66(105)38-12-17-52(46(83)23-38)119-54-25-40-26-55(70(54)123-80-71(69(108)68(107)56(32-99)121-80)122-59-30-81(4,72(109)34(3)118-59)90-31-36-7-6-8-41(20-36)91-58(104)21-35-9-14-43(15-10-35)124-82(85,86)87)120-53-18-13-39(24-47(53)84)67(106)65-78(115)95-63(79(116)98-117)45-27-42(100)28-51(102)60(45)44-22-37(11-16-50(44)101)61(75(112)97-65)94-76(113)62(40)93-74(111)49(29-57(88)103)92-77(64)114/h6-18,20,22-28,33-34,48-49,56,59,61-69,71-72,80,89-90,99-102,105-109,117H,19,21,29-32H2,1-5H3,(H2,88,103)(H,91,104)(H,92,114)(H,93,111)(H,94,113)(H,95,115)(H,96,110)(H,97,112)(H,98,116)/t34?,48?,49?,56?,59?,61?,62?,63-,64?,65?,66?,67?,68?,69?,71?,72?,80?,81-/m1/s1. The van der Waals surface area contributed by atoms with Gasteiger partial charge in [0, 0.05) is 41.4 Å². The molecule has 124 heavy (non-hydrogen) atoms. The molecule has 7 aromatic carbocycles. The number of aliphatic hydroxyl groups is 6. The van der Waals surface area contributed by atoms with Crippen LogP contribution in [0.4, 0.5) is 18.9 Å². The van der Waals surface area contributed by atoms with Gasteiger partial charge in [-0.15, -0.1) is 13.2 Å². The van der Waals surface area contributed by atoms with E-state index in [4.69, 9.17) is 57.4 Å². The predicted molar refractivity (Wildman–Crippen MR) is 426 cm³/mol. The minimum absolute atomic E-state index is 0.0156. The Morgan fingerprint density at radius 1 is 0.694 bits per heavy atom. The molecule has 7 heterocycles. The minimum Gasteiger partial charge on any atom is -0.508 e. The van der Waals surface area contributed by atoms with E-state index in [9.17, 15) is 88.3 Å². The van der Waals surface area contributed by atoms with Crippen LogP contribution in [-0.2, 0) is 70.3 Å². The van der Waals surface area contributed by atoms with Crippen molar-refractivity contribution in [3.63, 3.8) is 0 Å². The van der Waals surface area contributed by atoms with Gasteiger partial charge in [-0.1, -0.05) is 79.5 Å². The molecule has 0 aliphatic carbocycles. The third kappa shape index (κ3) is 20.8. The van der Waals surface area contributed by atoms with Crippen LogP contribution in [-0.4, -0.2) is 203 Å². The van der Waals surface area contributed by atoms with E-state index in [2.05, 4.69) is 52.6 Å². The first-order chi connectivity index (χ1) is 58.7. The van der Waals surface area contributed by atoms with Crippen LogP contribution >= 0.6 is 23.2 Å². The van der Waals surface area contributed by atoms with E-state index in [0.717, 1.165) is 84.9 Å². The molecule has 7 aliphatic heterocycles. The summed E-state index contributed by atoms with van der Waals surface area (Å²) in [6.45, 7) is 5.66. The van der Waals surface area contributed by atoms with Crippen molar-refractivity contribution in [1.29, 1.82) is 0 Å². The van der Waals surface area contributed by atoms with E-state index in [1.54, 1.807) is 45.0 Å². The van der Waals surface area contributed by atoms with E-state index in [1.165, 1.54) is 37.7 Å². The number of primary amides is 1. The molecule has 14 rings (SSSR count). The largest absolute Gasteiger partial charge is 0.573 e. The molecule has 0 radical (unpaired) electrons. The summed E-state index contributed by atoms with van der Waals surface area (Å²) in [5.41, 5.74) is 4.00. The number of nitrogens with one attached hydrogen (secondary N) is 10. The molecule has 7 aliphatic rings. The lowest BCUT2D eigenvalue weighted by Crippen LogP contribution is -2.65. The summed E-state index contributed by atoms with van der Waals surface area (Å²) < 4.78 is 81.8. The topological polar surface area (TPSA) is 567 Å². The molecule has 0 spiro atoms. The molecule has 22 N–H and O–H groups in total. The normalized spacial score (nSPS) is 26.2. The number of carbonyl (C=O) groups excluding carboxylic acids is 9. The number of rotatable bonds is 20. The maximum Gasteiger partial charge on any atom is 0.573 e. The van der Waals surface area contributed by atoms with Gasteiger partial charge in [0.2, 0.25) is 59.3 Å². The number of aromatic hydroxyl groups is 3. The summed E-state index contributed by atoms with van der Waals surface area (Å²) in [6, 6.07) is 10.1. The molecule has 2 saturated heterocycles. The average Bonchev–Trinajstić information content (AvgIpc) is 0.783. The first kappa shape index (κ1) is 91.5. The number of ether oxygens (including phenoxy) is 7. The molecule has 662 valence electrons. The van der Waals surface area contributed by atoms with Crippen LogP contribution in [0.3, 0.4) is 0 Å². The Morgan fingerprint density at radius 3 is 1.95 bits per heavy atom. The van der Waals surface area contributed by atoms with Gasteiger partial charge in [-0.3, -0.25) is 48.4 Å². The van der Waals surface area contributed by atoms with E-state index < -0.39 is 266 Å². The van der Waals surface area contributed by atoms with E-state index in [1.807, 2.05) is 0 Å². The second-order valence-corrected chi connectivity index (χ2v) is 31.5. The highest BCUT2D eigenvalue weighted by molar-refractivity contribution is 6.32. The molecule has 9 amide bonds. The lowest BCUT2D eigenvalue weighted by atomic mass is 9.84. The zero-order valence-corrected chi connectivity index (χ0v) is 67.7. The SMILES string of the molecule is CNC(CC(C)C)C(=O)NC1C(=O)NC(CC(N)=O)C(=O)NC2C(=O)NC3C(=O)NC(C(=O)N[C@@H](C(=O)NO)c4cc(O)cc(O)c4-c4cc3ccc4O)C(O)c3ccc(c(Cl)c3)Oc3cc2cc(c3OC2OC(CO)C(O)C(O)C2OC2C[C@@](C)(NCc3cccc(NC(=O)Cc4ccc(OC(F)(F)F)cc4)c3)C(O)C(C)O2)Oc2ccc(cc2Cl)C1O. The second kappa shape index (κ2) is 38.2. The third-order valence-electron chi connectivity index (χ3n) is 21.3. The first-order valence-electron chi connectivity index (χ1n) is 38.6. The van der Waals surface area contributed by atoms with Crippen molar-refractivity contribution < 1.29 is 141 Å². The quantitative estimate of drug-likeness (QED) is 0.0384. The zero-order chi connectivity index (χ0) is 89.8. The molecule has 7 aromatic rings. The number of phenols is 3. The molecule has 0 aromatic heterocycles. The van der Waals surface area contributed by atoms with Gasteiger partial charge in [-0.2, -0.15) is 0 Å². The summed E-state index contributed by atoms with van der Waals surface area (Å²) in [7, 11) is 1.46. The van der Waals surface area contributed by atoms with Crippen molar-refractivity contribution in [2.75, 3.05) is 19.0 Å². The van der Waals surface area contributed by atoms with Crippen LogP contribution in [0.5, 0.6) is 51.7 Å². The van der Waals surface area contributed by atoms with Gasteiger partial charge in [0.25, 0.3) is 5.91 Å². The van der Waals surface area contributed by atoms with Gasteiger partial charge in [0.1, 0.15) is 101 Å². The summed E-state index contributed by atoms with van der Waals surface area (Å²) >= 11 is 14.3. The maximum absolute atomic E-state index is 16.3. The van der Waals surface area contributed by atoms with Crippen LogP contribution in [0.15, 0.2) is 127 Å². The van der Waals surface area contributed by atoms with Crippen LogP contribution in [0.2, 0.25) is 10.0 Å². The number of fused-ring (bicyclic) bond motifs is 15. The summed E-state index contributed by atoms with van der Waals surface area (Å²) in [5, 5.41) is 139. The van der Waals surface area contributed by atoms with Crippen molar-refractivity contribution in [3.8, 4) is 62.9 Å². The van der Waals surface area contributed by atoms with Gasteiger partial charge in [0.05, 0.1) is 47.7 Å². The molecular weight excluding hydrogens is 1680 g/mol. The number of carbonyl (C=O) groups is 9. The molecule has 42 heteroatoms. The Kier molecular flexibility index (Phi) is 28.2. The Morgan fingerprint density at radius 2 is 1.33 bits per heavy atom. The summed E-state index contributed by atoms with van der Waals surface area (Å²) in [4.78, 5) is 132. The minimum atomic E-state index is -4.93. The molecule has 0 saturated carbocycles. The number of likely N-dealkylation sites (N-methyl/N-ethyl adjacent to an activating group) is 1. The molecular formula is C82H88Cl2F3N11O26. The van der Waals surface area contributed by atoms with Crippen molar-refractivity contribution >= 4 is 82.1 Å². The van der Waals surface area contributed by atoms with Crippen molar-refractivity contribution in [3.05, 3.63) is 176 Å². The van der Waals surface area contributed by atoms with Crippen molar-refractivity contribution in [1.82, 2.24) is 48.0 Å². The fraction of sp³-hybridized carbons (Fsp3) is 0.378. The second-order valence-electron chi connectivity index (χ2n) is 30.7. The highest BCUT2D eigenvalue weighted by atomic mass is 35.5. The number of alkyl halides is 3. The Balaban J connectivity index is 0.996. The number of nitrogens with two attached hydrogens (primary N) is 1. The fourth-order valence-corrected chi connectivity index (χ4v) is 15.4. The highest BCUT2D eigenvalue weighted by Gasteiger charge is 2.52. The van der Waals surface area contributed by atoms with E-state index in [-0.39, 0.29) is 48.4 Å². The van der Waals surface area contributed by atoms with Crippen LogP contribution in [0.25, 0.3) is 11.1 Å². The van der Waals surface area contributed by atoms with Gasteiger partial charge in [0.15, 0.2) is 23.9 Å². The number of hydrogen-bond acceptors (Lipinski definition) is 28. The lowest BCUT2D eigenvalue weighted by molar-refractivity contribution is -0.334. The smallest absolute Gasteiger partial charge is 0.508 e. The first-order valence-corrected chi connectivity index (χ1v) is 39.3. The van der Waals surface area contributed by atoms with Gasteiger partial charge >= 0.3 is 6.36 Å². The van der Waals surface area contributed by atoms with E-state index >= 15 is 19.2 Å². The molecule has 2 fully saturated rings. The number of amides is 9. The Hall–Kier alpha value is -11.7. The van der Waals surface area contributed by atoms with E-state index in [0.29, 0.717) is 16.8 Å². The molecule has 16 unspecified atom stereocenters. The van der Waals surface area contributed by atoms with Gasteiger partial charge in [-0.05, 0) is 151 Å². The highest BCUT2D eigenvalue weighted by Crippen LogP contribution is 2.50. The van der Waals surface area contributed by atoms with Crippen molar-refractivity contribution in [2.45, 2.75) is 176 Å². The number of hydrogen-bond donors (Lipinski definition) is 21. The predicted octanol–water partition coefficient (Wildman–Crippen LogP) is 3.44. The molecule has 18 atom stereocenters. The molecule has 37 nitrogen and oxygen atoms in total. The van der Waals surface area contributed by atoms with Crippen LogP contribution in [0, 0.1) is 5.92 Å². The van der Waals surface area contributed by atoms with Gasteiger partial charge in [-0.25, -0.2) is 5.48 Å². The number of anilines is 1. The number of aliphatic hydroxyl groups excluding tert-OH is 6. The molecule has 11 bridgehead atoms. The Labute approximate surface area is 712 Å². The average molecular weight is 1770 g/mol. The van der Waals surface area contributed by atoms with Crippen molar-refractivity contribution in [2.24, 2.45) is 11.7 Å². The maximum atomic E-state index is 16.3. The van der Waals surface area contributed by atoms with Crippen LogP contribution < -0.4 is 78.0 Å². The number of hydroxylamine groups is 1. The third-order valence-corrected chi connectivity index (χ3v) is 21.9. The van der Waals surface area contributed by atoms with Crippen LogP contribution in [0.1, 0.15) is 116 Å².